The summed E-state index contributed by atoms with van der Waals surface area (Å²) in [6.45, 7) is 7.93. The minimum Gasteiger partial charge on any atom is -0.497 e. The molecule has 1 aliphatic carbocycles. The summed E-state index contributed by atoms with van der Waals surface area (Å²) < 4.78 is 10.3. The molecule has 140 valence electrons. The predicted molar refractivity (Wildman–Crippen MR) is 105 cm³/mol. The molecule has 1 aromatic carbocycles. The Balaban J connectivity index is 1.38. The van der Waals surface area contributed by atoms with Crippen LogP contribution in [0.5, 0.6) is 5.75 Å². The number of nitrogens with zero attached hydrogens (tertiary/aromatic N) is 5. The molecule has 0 N–H and O–H groups in total. The van der Waals surface area contributed by atoms with Crippen LogP contribution in [0.3, 0.4) is 0 Å². The van der Waals surface area contributed by atoms with Crippen molar-refractivity contribution in [2.75, 3.05) is 38.2 Å². The summed E-state index contributed by atoms with van der Waals surface area (Å²) >= 11 is 5.67. The quantitative estimate of drug-likeness (QED) is 0.728. The molecule has 6 nitrogen and oxygen atoms in total. The van der Waals surface area contributed by atoms with Gasteiger partial charge in [-0.15, -0.1) is 0 Å². The van der Waals surface area contributed by atoms with Gasteiger partial charge in [0.15, 0.2) is 4.77 Å². The Morgan fingerprint density at radius 1 is 1.12 bits per heavy atom. The van der Waals surface area contributed by atoms with Gasteiger partial charge in [-0.3, -0.25) is 4.90 Å². The van der Waals surface area contributed by atoms with E-state index in [-0.39, 0.29) is 0 Å². The molecule has 4 rings (SSSR count). The van der Waals surface area contributed by atoms with Gasteiger partial charge in [-0.05, 0) is 56.2 Å². The van der Waals surface area contributed by atoms with Crippen LogP contribution in [-0.2, 0) is 13.2 Å². The molecule has 0 spiro atoms. The van der Waals surface area contributed by atoms with E-state index in [9.17, 15) is 0 Å². The summed E-state index contributed by atoms with van der Waals surface area (Å²) in [6.07, 6.45) is 2.51. The monoisotopic (exact) mass is 373 g/mol. The number of piperazine rings is 1. The number of methoxy groups -OCH3 is 1. The van der Waals surface area contributed by atoms with Crippen molar-refractivity contribution in [1.29, 1.82) is 0 Å². The van der Waals surface area contributed by atoms with E-state index < -0.39 is 0 Å². The first-order chi connectivity index (χ1) is 12.7. The maximum atomic E-state index is 5.67. The van der Waals surface area contributed by atoms with Gasteiger partial charge in [-0.25, -0.2) is 4.68 Å². The number of benzene rings is 1. The van der Waals surface area contributed by atoms with E-state index in [0.717, 1.165) is 49.9 Å². The van der Waals surface area contributed by atoms with Crippen molar-refractivity contribution in [1.82, 2.24) is 19.2 Å². The first kappa shape index (κ1) is 17.5. The third-order valence-corrected chi connectivity index (χ3v) is 5.79. The lowest BCUT2D eigenvalue weighted by Gasteiger charge is -2.35. The maximum Gasteiger partial charge on any atom is 0.199 e. The number of hydrogen-bond acceptors (Lipinski definition) is 5. The van der Waals surface area contributed by atoms with Crippen LogP contribution in [0.15, 0.2) is 24.3 Å². The fraction of sp³-hybridized carbons (Fsp3) is 0.579. The zero-order valence-electron chi connectivity index (χ0n) is 15.6. The Morgan fingerprint density at radius 2 is 1.81 bits per heavy atom. The topological polar surface area (TPSA) is 38.5 Å². The minimum atomic E-state index is 0.629. The predicted octanol–water partition coefficient (Wildman–Crippen LogP) is 3.10. The molecule has 2 aromatic rings. The molecular weight excluding hydrogens is 346 g/mol. The van der Waals surface area contributed by atoms with Gasteiger partial charge in [-0.2, -0.15) is 5.10 Å². The van der Waals surface area contributed by atoms with E-state index >= 15 is 0 Å². The van der Waals surface area contributed by atoms with Gasteiger partial charge in [-0.1, -0.05) is 0 Å². The van der Waals surface area contributed by atoms with E-state index in [1.54, 1.807) is 7.11 Å². The van der Waals surface area contributed by atoms with Crippen molar-refractivity contribution in [3.05, 3.63) is 34.9 Å². The van der Waals surface area contributed by atoms with Crippen LogP contribution in [0.2, 0.25) is 0 Å². The minimum absolute atomic E-state index is 0.629. The normalized spacial score (nSPS) is 18.3. The molecule has 0 bridgehead atoms. The van der Waals surface area contributed by atoms with Crippen molar-refractivity contribution in [2.45, 2.75) is 38.9 Å². The Morgan fingerprint density at radius 3 is 2.38 bits per heavy atom. The van der Waals surface area contributed by atoms with Crippen molar-refractivity contribution >= 4 is 17.9 Å². The van der Waals surface area contributed by atoms with E-state index in [2.05, 4.69) is 33.4 Å². The molecule has 0 amide bonds. The fourth-order valence-corrected chi connectivity index (χ4v) is 3.94. The second kappa shape index (κ2) is 7.40. The summed E-state index contributed by atoms with van der Waals surface area (Å²) in [5, 5.41) is 4.84. The summed E-state index contributed by atoms with van der Waals surface area (Å²) in [5.74, 6) is 2.72. The number of rotatable bonds is 6. The van der Waals surface area contributed by atoms with Crippen LogP contribution >= 0.6 is 12.2 Å². The van der Waals surface area contributed by atoms with Gasteiger partial charge in [0.25, 0.3) is 0 Å². The average molecular weight is 374 g/mol. The molecule has 1 saturated heterocycles. The van der Waals surface area contributed by atoms with E-state index in [4.69, 9.17) is 22.1 Å². The number of aromatic nitrogens is 3. The lowest BCUT2D eigenvalue weighted by atomic mass is 10.2. The lowest BCUT2D eigenvalue weighted by Crippen LogP contribution is -2.47. The summed E-state index contributed by atoms with van der Waals surface area (Å²) in [5.41, 5.74) is 1.26. The molecule has 0 atom stereocenters. The molecule has 1 aliphatic heterocycles. The fourth-order valence-electron chi connectivity index (χ4n) is 3.62. The molecule has 1 aromatic heterocycles. The van der Waals surface area contributed by atoms with Crippen molar-refractivity contribution in [3.8, 4) is 5.75 Å². The van der Waals surface area contributed by atoms with E-state index in [1.165, 1.54) is 24.4 Å². The first-order valence-electron chi connectivity index (χ1n) is 9.48. The first-order valence-corrected chi connectivity index (χ1v) is 9.89. The highest BCUT2D eigenvalue weighted by Crippen LogP contribution is 2.39. The van der Waals surface area contributed by atoms with Crippen molar-refractivity contribution in [3.63, 3.8) is 0 Å². The summed E-state index contributed by atoms with van der Waals surface area (Å²) in [7, 11) is 1.70. The number of ether oxygens (including phenoxy) is 1. The van der Waals surface area contributed by atoms with Crippen LogP contribution < -0.4 is 9.64 Å². The van der Waals surface area contributed by atoms with Gasteiger partial charge < -0.3 is 14.2 Å². The van der Waals surface area contributed by atoms with Gasteiger partial charge in [0.2, 0.25) is 0 Å². The number of hydrogen-bond donors (Lipinski definition) is 0. The standard InChI is InChI=1S/C19H27N5OS/c1-3-23-18(15-4-5-15)20-24(19(23)26)14-21-10-12-22(13-11-21)16-6-8-17(25-2)9-7-16/h6-9,15H,3-5,10-14H2,1-2H3. The second-order valence-electron chi connectivity index (χ2n) is 7.10. The summed E-state index contributed by atoms with van der Waals surface area (Å²) in [4.78, 5) is 4.87. The lowest BCUT2D eigenvalue weighted by molar-refractivity contribution is 0.194. The van der Waals surface area contributed by atoms with Gasteiger partial charge in [0.05, 0.1) is 13.8 Å². The third-order valence-electron chi connectivity index (χ3n) is 5.35. The average Bonchev–Trinajstić information content (AvgIpc) is 3.48. The Kier molecular flexibility index (Phi) is 5.00. The van der Waals surface area contributed by atoms with Crippen LogP contribution in [0.4, 0.5) is 5.69 Å². The molecule has 7 heteroatoms. The van der Waals surface area contributed by atoms with Gasteiger partial charge >= 0.3 is 0 Å². The zero-order valence-corrected chi connectivity index (χ0v) is 16.4. The van der Waals surface area contributed by atoms with Crippen LogP contribution in [0.1, 0.15) is 31.5 Å². The Hall–Kier alpha value is -1.86. The zero-order chi connectivity index (χ0) is 18.1. The van der Waals surface area contributed by atoms with Crippen LogP contribution in [-0.4, -0.2) is 52.5 Å². The van der Waals surface area contributed by atoms with E-state index in [1.807, 2.05) is 16.8 Å². The van der Waals surface area contributed by atoms with Crippen LogP contribution in [0.25, 0.3) is 0 Å². The van der Waals surface area contributed by atoms with Gasteiger partial charge in [0.1, 0.15) is 11.6 Å². The summed E-state index contributed by atoms with van der Waals surface area (Å²) in [6, 6.07) is 8.32. The maximum absolute atomic E-state index is 5.67. The smallest absolute Gasteiger partial charge is 0.199 e. The molecule has 0 radical (unpaired) electrons. The molecule has 26 heavy (non-hydrogen) atoms. The molecule has 2 aliphatic rings. The highest BCUT2D eigenvalue weighted by Gasteiger charge is 2.30. The second-order valence-corrected chi connectivity index (χ2v) is 7.47. The third kappa shape index (κ3) is 3.50. The van der Waals surface area contributed by atoms with Crippen molar-refractivity contribution < 1.29 is 4.74 Å². The molecule has 1 saturated carbocycles. The SMILES string of the molecule is CCn1c(C2CC2)nn(CN2CCN(c3ccc(OC)cc3)CC2)c1=S. The van der Waals surface area contributed by atoms with Crippen LogP contribution in [0, 0.1) is 4.77 Å². The molecular formula is C19H27N5OS. The van der Waals surface area contributed by atoms with Gasteiger partial charge in [0, 0.05) is 44.3 Å². The largest absolute Gasteiger partial charge is 0.497 e. The Bertz CT molecular complexity index is 800. The molecule has 2 fully saturated rings. The van der Waals surface area contributed by atoms with Crippen molar-refractivity contribution in [2.24, 2.45) is 0 Å². The molecule has 2 heterocycles. The molecule has 0 unspecified atom stereocenters. The highest BCUT2D eigenvalue weighted by molar-refractivity contribution is 7.71. The number of anilines is 1. The highest BCUT2D eigenvalue weighted by atomic mass is 32.1. The van der Waals surface area contributed by atoms with E-state index in [0.29, 0.717) is 5.92 Å². The Labute approximate surface area is 160 Å².